The first-order chi connectivity index (χ1) is 6.70. The van der Waals surface area contributed by atoms with Crippen molar-refractivity contribution < 1.29 is 4.74 Å². The molecule has 1 aliphatic rings. The summed E-state index contributed by atoms with van der Waals surface area (Å²) in [6.45, 7) is 2.01. The second kappa shape index (κ2) is 3.90. The normalized spacial score (nSPS) is 21.9. The van der Waals surface area contributed by atoms with E-state index in [1.54, 1.807) is 7.11 Å². The Balaban J connectivity index is 2.13. The van der Waals surface area contributed by atoms with E-state index in [1.165, 1.54) is 0 Å². The van der Waals surface area contributed by atoms with Crippen LogP contribution in [0.5, 0.6) is 0 Å². The molecule has 1 atom stereocenters. The number of nitrogens with zero attached hydrogens (tertiary/aromatic N) is 3. The summed E-state index contributed by atoms with van der Waals surface area (Å²) in [7, 11) is 3.73. The van der Waals surface area contributed by atoms with Crippen molar-refractivity contribution in [1.82, 2.24) is 9.78 Å². The molecule has 1 saturated heterocycles. The van der Waals surface area contributed by atoms with Gasteiger partial charge >= 0.3 is 0 Å². The zero-order valence-corrected chi connectivity index (χ0v) is 9.99. The van der Waals surface area contributed by atoms with Crippen LogP contribution in [-0.2, 0) is 11.8 Å². The number of rotatable bonds is 2. The third-order valence-corrected chi connectivity index (χ3v) is 3.02. The van der Waals surface area contributed by atoms with E-state index in [1.807, 2.05) is 17.8 Å². The fraction of sp³-hybridized carbons (Fsp3) is 0.667. The first-order valence-electron chi connectivity index (χ1n) is 4.68. The summed E-state index contributed by atoms with van der Waals surface area (Å²) in [5, 5.41) is 4.26. The minimum Gasteiger partial charge on any atom is -0.380 e. The molecule has 1 aliphatic heterocycles. The Morgan fingerprint density at radius 2 is 2.43 bits per heavy atom. The van der Waals surface area contributed by atoms with E-state index in [9.17, 15) is 0 Å². The van der Waals surface area contributed by atoms with Gasteiger partial charge in [0.1, 0.15) is 10.4 Å². The molecule has 0 bridgehead atoms. The van der Waals surface area contributed by atoms with Gasteiger partial charge in [-0.1, -0.05) is 0 Å². The van der Waals surface area contributed by atoms with E-state index in [0.29, 0.717) is 6.10 Å². The predicted octanol–water partition coefficient (Wildman–Crippen LogP) is 1.41. The lowest BCUT2D eigenvalue weighted by Crippen LogP contribution is -2.24. The fourth-order valence-electron chi connectivity index (χ4n) is 1.85. The largest absolute Gasteiger partial charge is 0.380 e. The highest BCUT2D eigenvalue weighted by atomic mass is 79.9. The maximum Gasteiger partial charge on any atom is 0.130 e. The van der Waals surface area contributed by atoms with Crippen LogP contribution < -0.4 is 4.90 Å². The molecule has 0 radical (unpaired) electrons. The topological polar surface area (TPSA) is 30.3 Å². The first-order valence-corrected chi connectivity index (χ1v) is 5.47. The number of hydrogen-bond acceptors (Lipinski definition) is 3. The quantitative estimate of drug-likeness (QED) is 0.805. The van der Waals surface area contributed by atoms with Gasteiger partial charge in [-0.25, -0.2) is 0 Å². The number of anilines is 1. The Hall–Kier alpha value is -0.550. The third kappa shape index (κ3) is 1.79. The van der Waals surface area contributed by atoms with Crippen LogP contribution in [-0.4, -0.2) is 36.1 Å². The molecule has 0 N–H and O–H groups in total. The highest BCUT2D eigenvalue weighted by Gasteiger charge is 2.24. The molecule has 0 spiro atoms. The van der Waals surface area contributed by atoms with Gasteiger partial charge < -0.3 is 9.64 Å². The van der Waals surface area contributed by atoms with Gasteiger partial charge in [-0.2, -0.15) is 5.10 Å². The molecule has 78 valence electrons. The number of halogens is 1. The third-order valence-electron chi connectivity index (χ3n) is 2.63. The van der Waals surface area contributed by atoms with Gasteiger partial charge in [0, 0.05) is 33.3 Å². The van der Waals surface area contributed by atoms with E-state index >= 15 is 0 Å². The molecule has 1 fully saturated rings. The molecule has 4 nitrogen and oxygen atoms in total. The lowest BCUT2D eigenvalue weighted by atomic mass is 10.3. The molecule has 2 heterocycles. The van der Waals surface area contributed by atoms with Crippen molar-refractivity contribution in [1.29, 1.82) is 0 Å². The van der Waals surface area contributed by atoms with Gasteiger partial charge in [0.05, 0.1) is 6.10 Å². The molecule has 1 aromatic heterocycles. The monoisotopic (exact) mass is 259 g/mol. The van der Waals surface area contributed by atoms with Gasteiger partial charge in [-0.15, -0.1) is 0 Å². The smallest absolute Gasteiger partial charge is 0.130 e. The predicted molar refractivity (Wildman–Crippen MR) is 58.5 cm³/mol. The minimum absolute atomic E-state index is 0.365. The van der Waals surface area contributed by atoms with E-state index in [4.69, 9.17) is 4.74 Å². The summed E-state index contributed by atoms with van der Waals surface area (Å²) in [6, 6.07) is 2.04. The van der Waals surface area contributed by atoms with Crippen LogP contribution >= 0.6 is 15.9 Å². The first kappa shape index (κ1) is 9.98. The van der Waals surface area contributed by atoms with E-state index < -0.39 is 0 Å². The van der Waals surface area contributed by atoms with Crippen LogP contribution in [0.3, 0.4) is 0 Å². The molecule has 1 aromatic rings. The number of ether oxygens (including phenoxy) is 1. The van der Waals surface area contributed by atoms with Gasteiger partial charge in [-0.3, -0.25) is 4.68 Å². The standard InChI is InChI=1S/C9H14BrN3O/c1-12-9(5-8(10)11-12)13-4-3-7(6-13)14-2/h5,7H,3-4,6H2,1-2H3/t7-/m0/s1. The van der Waals surface area contributed by atoms with Crippen LogP contribution in [0.2, 0.25) is 0 Å². The van der Waals surface area contributed by atoms with E-state index in [2.05, 4.69) is 25.9 Å². The SMILES string of the molecule is CO[C@H]1CCN(c2cc(Br)nn2C)C1. The molecular weight excluding hydrogens is 246 g/mol. The van der Waals surface area contributed by atoms with Gasteiger partial charge in [0.2, 0.25) is 0 Å². The van der Waals surface area contributed by atoms with Crippen LogP contribution in [0.25, 0.3) is 0 Å². The number of aromatic nitrogens is 2. The molecule has 14 heavy (non-hydrogen) atoms. The van der Waals surface area contributed by atoms with Crippen molar-refractivity contribution in [3.63, 3.8) is 0 Å². The van der Waals surface area contributed by atoms with Gasteiger partial charge in [0.25, 0.3) is 0 Å². The minimum atomic E-state index is 0.365. The maximum atomic E-state index is 5.33. The van der Waals surface area contributed by atoms with Crippen LogP contribution in [0, 0.1) is 0 Å². The van der Waals surface area contributed by atoms with Crippen molar-refractivity contribution in [3.05, 3.63) is 10.7 Å². The van der Waals surface area contributed by atoms with Crippen molar-refractivity contribution in [2.75, 3.05) is 25.1 Å². The molecule has 5 heteroatoms. The average molecular weight is 260 g/mol. The summed E-state index contributed by atoms with van der Waals surface area (Å²) in [5.41, 5.74) is 0. The second-order valence-electron chi connectivity index (χ2n) is 3.54. The molecule has 0 saturated carbocycles. The van der Waals surface area contributed by atoms with Crippen molar-refractivity contribution in [3.8, 4) is 0 Å². The zero-order chi connectivity index (χ0) is 10.1. The Morgan fingerprint density at radius 1 is 1.64 bits per heavy atom. The lowest BCUT2D eigenvalue weighted by molar-refractivity contribution is 0.121. The van der Waals surface area contributed by atoms with Crippen LogP contribution in [0.4, 0.5) is 5.82 Å². The summed E-state index contributed by atoms with van der Waals surface area (Å²) in [5.74, 6) is 1.15. The molecule has 0 unspecified atom stereocenters. The molecular formula is C9H14BrN3O. The number of aryl methyl sites for hydroxylation is 1. The highest BCUT2D eigenvalue weighted by molar-refractivity contribution is 9.10. The molecule has 0 aliphatic carbocycles. The van der Waals surface area contributed by atoms with E-state index in [-0.39, 0.29) is 0 Å². The molecule has 0 aromatic carbocycles. The van der Waals surface area contributed by atoms with Crippen LogP contribution in [0.15, 0.2) is 10.7 Å². The summed E-state index contributed by atoms with van der Waals surface area (Å²) < 4.78 is 8.10. The second-order valence-corrected chi connectivity index (χ2v) is 4.35. The Kier molecular flexibility index (Phi) is 2.78. The maximum absolute atomic E-state index is 5.33. The average Bonchev–Trinajstić information content (AvgIpc) is 2.71. The van der Waals surface area contributed by atoms with Gasteiger partial charge in [-0.05, 0) is 22.4 Å². The van der Waals surface area contributed by atoms with Crippen molar-refractivity contribution in [2.45, 2.75) is 12.5 Å². The van der Waals surface area contributed by atoms with Gasteiger partial charge in [0.15, 0.2) is 0 Å². The molecule has 0 amide bonds. The number of methoxy groups -OCH3 is 1. The summed E-state index contributed by atoms with van der Waals surface area (Å²) in [4.78, 5) is 2.30. The number of hydrogen-bond donors (Lipinski definition) is 0. The van der Waals surface area contributed by atoms with Crippen LogP contribution in [0.1, 0.15) is 6.42 Å². The van der Waals surface area contributed by atoms with Crippen molar-refractivity contribution >= 4 is 21.7 Å². The summed E-state index contributed by atoms with van der Waals surface area (Å²) >= 11 is 3.37. The van der Waals surface area contributed by atoms with E-state index in [0.717, 1.165) is 29.9 Å². The Labute approximate surface area is 92.0 Å². The fourth-order valence-corrected chi connectivity index (χ4v) is 2.29. The van der Waals surface area contributed by atoms with Crippen molar-refractivity contribution in [2.24, 2.45) is 7.05 Å². The Bertz CT molecular complexity index is 326. The lowest BCUT2D eigenvalue weighted by Gasteiger charge is -2.17. The molecule has 2 rings (SSSR count). The summed E-state index contributed by atoms with van der Waals surface area (Å²) in [6.07, 6.45) is 1.46. The zero-order valence-electron chi connectivity index (χ0n) is 8.40. The Morgan fingerprint density at radius 3 is 2.93 bits per heavy atom. The highest BCUT2D eigenvalue weighted by Crippen LogP contribution is 2.23.